The van der Waals surface area contributed by atoms with E-state index in [1.54, 1.807) is 0 Å². The van der Waals surface area contributed by atoms with E-state index in [0.717, 1.165) is 0 Å². The number of likely N-dealkylation sites (N-methyl/N-ethyl adjacent to an activating group) is 1. The van der Waals surface area contributed by atoms with Crippen LogP contribution in [0.15, 0.2) is 60.4 Å². The van der Waals surface area contributed by atoms with Crippen molar-refractivity contribution in [3.8, 4) is 0 Å². The lowest BCUT2D eigenvalue weighted by Gasteiger charge is -2.24. The minimum atomic E-state index is -0.0315. The molecule has 0 saturated carbocycles. The molecule has 2 heterocycles. The molecule has 0 bridgehead atoms. The minimum absolute atomic E-state index is 0. The van der Waals surface area contributed by atoms with Crippen molar-refractivity contribution >= 4 is 153 Å². The first-order chi connectivity index (χ1) is 17.2. The summed E-state index contributed by atoms with van der Waals surface area (Å²) in [6, 6.07) is 4.63. The Kier molecular flexibility index (Phi) is 12.1. The number of anilines is 1. The molecular formula is C29H27I7N2. The number of allylic oxidation sites excluding steroid dienone is 8. The molecule has 38 heavy (non-hydrogen) atoms. The monoisotopic (exact) mass is 1290 g/mol. The summed E-state index contributed by atoms with van der Waals surface area (Å²) in [7, 11) is 4.37. The molecular weight excluding hydrogens is 1260 g/mol. The third kappa shape index (κ3) is 6.14. The van der Waals surface area contributed by atoms with Crippen molar-refractivity contribution < 1.29 is 28.6 Å². The van der Waals surface area contributed by atoms with Crippen LogP contribution >= 0.6 is 136 Å². The van der Waals surface area contributed by atoms with Crippen molar-refractivity contribution in [1.82, 2.24) is 0 Å². The van der Waals surface area contributed by atoms with Crippen molar-refractivity contribution in [2.45, 2.75) is 38.5 Å². The van der Waals surface area contributed by atoms with Crippen LogP contribution in [0.5, 0.6) is 0 Å². The summed E-state index contributed by atoms with van der Waals surface area (Å²) in [6.07, 6.45) is 15.2. The number of benzene rings is 2. The van der Waals surface area contributed by atoms with Gasteiger partial charge in [0.25, 0.3) is 0 Å². The summed E-state index contributed by atoms with van der Waals surface area (Å²) in [5.41, 5.74) is 8.07. The fourth-order valence-electron chi connectivity index (χ4n) is 5.36. The van der Waals surface area contributed by atoms with Crippen molar-refractivity contribution in [3.05, 3.63) is 92.9 Å². The van der Waals surface area contributed by atoms with E-state index >= 15 is 0 Å². The molecule has 0 atom stereocenters. The molecule has 9 heteroatoms. The van der Waals surface area contributed by atoms with E-state index in [9.17, 15) is 0 Å². The number of halogens is 7. The lowest BCUT2D eigenvalue weighted by molar-refractivity contribution is -0.401. The summed E-state index contributed by atoms with van der Waals surface area (Å²) in [5, 5.41) is 0. The average molecular weight is 1290 g/mol. The largest absolute Gasteiger partial charge is 1.00 e. The van der Waals surface area contributed by atoms with Crippen LogP contribution in [0.3, 0.4) is 0 Å². The van der Waals surface area contributed by atoms with Crippen LogP contribution in [-0.4, -0.2) is 24.4 Å². The number of hydrogen-bond acceptors (Lipinski definition) is 1. The van der Waals surface area contributed by atoms with E-state index in [4.69, 9.17) is 0 Å². The van der Waals surface area contributed by atoms with Crippen molar-refractivity contribution in [2.75, 3.05) is 19.0 Å². The molecule has 2 aliphatic heterocycles. The molecule has 2 aromatic rings. The van der Waals surface area contributed by atoms with Gasteiger partial charge in [-0.15, -0.1) is 0 Å². The maximum atomic E-state index is 2.52. The zero-order valence-electron chi connectivity index (χ0n) is 21.7. The average Bonchev–Trinajstić information content (AvgIpc) is 3.12. The topological polar surface area (TPSA) is 6.25 Å². The lowest BCUT2D eigenvalue weighted by Crippen LogP contribution is -3.00. The van der Waals surface area contributed by atoms with E-state index in [1.807, 2.05) is 0 Å². The number of fused-ring (bicyclic) bond motifs is 2. The highest BCUT2D eigenvalue weighted by Gasteiger charge is 2.45. The van der Waals surface area contributed by atoms with E-state index in [2.05, 4.69) is 241 Å². The normalized spacial score (nSPS) is 18.8. The van der Waals surface area contributed by atoms with Gasteiger partial charge in [-0.05, 0) is 162 Å². The maximum absolute atomic E-state index is 2.52. The summed E-state index contributed by atoms with van der Waals surface area (Å²) < 4.78 is 10.4. The molecule has 202 valence electrons. The first-order valence-corrected chi connectivity index (χ1v) is 18.1. The molecule has 2 aromatic carbocycles. The first-order valence-electron chi connectivity index (χ1n) is 11.7. The quantitative estimate of drug-likeness (QED) is 0.135. The maximum Gasteiger partial charge on any atom is 0.211 e. The highest BCUT2D eigenvalue weighted by Crippen LogP contribution is 2.50. The third-order valence-corrected chi connectivity index (χ3v) is 17.4. The molecule has 0 saturated heterocycles. The molecule has 0 aliphatic carbocycles. The Hall–Kier alpha value is 1.98. The van der Waals surface area contributed by atoms with Crippen LogP contribution in [-0.2, 0) is 10.8 Å². The minimum Gasteiger partial charge on any atom is -1.00 e. The van der Waals surface area contributed by atoms with Crippen LogP contribution in [0.4, 0.5) is 11.4 Å². The van der Waals surface area contributed by atoms with Crippen LogP contribution in [0.2, 0.25) is 0 Å². The van der Waals surface area contributed by atoms with Gasteiger partial charge in [-0.2, -0.15) is 4.58 Å². The number of hydrogen-bond donors (Lipinski definition) is 0. The zero-order chi connectivity index (χ0) is 27.4. The second-order valence-corrected chi connectivity index (χ2v) is 16.8. The first kappa shape index (κ1) is 34.5. The Labute approximate surface area is 326 Å². The predicted molar refractivity (Wildman–Crippen MR) is 210 cm³/mol. The van der Waals surface area contributed by atoms with Gasteiger partial charge in [0, 0.05) is 63.0 Å². The standard InChI is InChI=1S/C29H27I6N2.HI/c1-28(2)20(36(5)18-14-16(30)24(32)26(34)22(18)28)12-10-8-7-9-11-13-21-29(3,4)23-19(37(21)6)15-17(31)25(33)27(23)35;/h7-15H,1-6H3;1H/q+1;/p-1. The smallest absolute Gasteiger partial charge is 0.211 e. The molecule has 0 radical (unpaired) electrons. The van der Waals surface area contributed by atoms with E-state index < -0.39 is 0 Å². The van der Waals surface area contributed by atoms with Gasteiger partial charge in [0.15, 0.2) is 5.71 Å². The zero-order valence-corrected chi connectivity index (χ0v) is 36.8. The van der Waals surface area contributed by atoms with Gasteiger partial charge in [-0.1, -0.05) is 44.2 Å². The van der Waals surface area contributed by atoms with Crippen LogP contribution in [0.1, 0.15) is 38.8 Å². The Morgan fingerprint density at radius 1 is 0.711 bits per heavy atom. The van der Waals surface area contributed by atoms with Gasteiger partial charge < -0.3 is 28.9 Å². The van der Waals surface area contributed by atoms with Gasteiger partial charge in [-0.3, -0.25) is 0 Å². The van der Waals surface area contributed by atoms with Gasteiger partial charge in [-0.25, -0.2) is 0 Å². The molecule has 0 N–H and O–H groups in total. The van der Waals surface area contributed by atoms with Crippen LogP contribution < -0.4 is 28.9 Å². The second kappa shape index (κ2) is 13.3. The summed E-state index contributed by atoms with van der Waals surface area (Å²) in [4.78, 5) is 2.35. The Balaban J connectivity index is 0.00000400. The molecule has 2 nitrogen and oxygen atoms in total. The van der Waals surface area contributed by atoms with Gasteiger partial charge in [0.05, 0.1) is 11.0 Å². The molecule has 0 fully saturated rings. The molecule has 4 rings (SSSR count). The summed E-state index contributed by atoms with van der Waals surface area (Å²) in [6.45, 7) is 9.32. The molecule has 2 aliphatic rings. The van der Waals surface area contributed by atoms with Crippen molar-refractivity contribution in [2.24, 2.45) is 0 Å². The van der Waals surface area contributed by atoms with Crippen molar-refractivity contribution in [3.63, 3.8) is 0 Å². The molecule has 0 aromatic heterocycles. The Bertz CT molecular complexity index is 1460. The Morgan fingerprint density at radius 2 is 1.24 bits per heavy atom. The molecule has 0 unspecified atom stereocenters. The third-order valence-electron chi connectivity index (χ3n) is 7.21. The number of rotatable bonds is 4. The molecule has 0 amide bonds. The fourth-order valence-corrected chi connectivity index (χ4v) is 10.9. The van der Waals surface area contributed by atoms with Gasteiger partial charge in [0.2, 0.25) is 5.69 Å². The summed E-state index contributed by atoms with van der Waals surface area (Å²) in [5.74, 6) is 0. The van der Waals surface area contributed by atoms with Gasteiger partial charge in [0.1, 0.15) is 7.05 Å². The second-order valence-electron chi connectivity index (χ2n) is 10.2. The number of nitrogens with zero attached hydrogens (tertiary/aromatic N) is 2. The van der Waals surface area contributed by atoms with Crippen molar-refractivity contribution in [1.29, 1.82) is 0 Å². The van der Waals surface area contributed by atoms with E-state index in [0.29, 0.717) is 0 Å². The highest BCUT2D eigenvalue weighted by molar-refractivity contribution is 14.1. The van der Waals surface area contributed by atoms with Crippen LogP contribution in [0, 0.1) is 21.4 Å². The van der Waals surface area contributed by atoms with E-state index in [1.165, 1.54) is 55.3 Å². The van der Waals surface area contributed by atoms with Gasteiger partial charge >= 0.3 is 0 Å². The predicted octanol–water partition coefficient (Wildman–Crippen LogP) is 7.30. The fraction of sp³-hybridized carbons (Fsp3) is 0.276. The van der Waals surface area contributed by atoms with Crippen LogP contribution in [0.25, 0.3) is 0 Å². The Morgan fingerprint density at radius 3 is 1.87 bits per heavy atom. The lowest BCUT2D eigenvalue weighted by atomic mass is 9.81. The van der Waals surface area contributed by atoms with E-state index in [-0.39, 0.29) is 34.8 Å². The highest BCUT2D eigenvalue weighted by atomic mass is 127. The summed E-state index contributed by atoms with van der Waals surface area (Å²) >= 11 is 14.9. The molecule has 0 spiro atoms. The SMILES string of the molecule is CN1C(=CC=CC=CC=CC2=[N+](C)c3cc(I)c(I)c(I)c3C2(C)C)C(C)(C)c2c1cc(I)c(I)c2I.[I-].